The van der Waals surface area contributed by atoms with E-state index >= 15 is 0 Å². The highest BCUT2D eigenvalue weighted by Gasteiger charge is 2.10. The van der Waals surface area contributed by atoms with Crippen molar-refractivity contribution in [2.24, 2.45) is 5.73 Å². The molecule has 84 valence electrons. The van der Waals surface area contributed by atoms with Crippen molar-refractivity contribution in [3.8, 4) is 10.9 Å². The maximum atomic E-state index is 5.89. The number of hydrogen-bond acceptors (Lipinski definition) is 4. The zero-order valence-corrected chi connectivity index (χ0v) is 10.3. The van der Waals surface area contributed by atoms with Crippen LogP contribution in [0.1, 0.15) is 10.4 Å². The molecule has 0 spiro atoms. The lowest BCUT2D eigenvalue weighted by molar-refractivity contribution is 0.475. The summed E-state index contributed by atoms with van der Waals surface area (Å²) in [4.78, 5) is 4.94. The Balaban J connectivity index is 2.24. The molecule has 0 amide bonds. The standard InChI is InChI=1S/C11H11ClN2OS/c1-7-4-2-3-5-8(7)15-11-14-10(12)9(6-13)16-11/h2-5H,6,13H2,1H3. The Morgan fingerprint density at radius 1 is 1.44 bits per heavy atom. The second-order valence-electron chi connectivity index (χ2n) is 3.27. The van der Waals surface area contributed by atoms with Crippen molar-refractivity contribution in [2.75, 3.05) is 0 Å². The van der Waals surface area contributed by atoms with E-state index in [9.17, 15) is 0 Å². The average Bonchev–Trinajstić information content (AvgIpc) is 2.62. The summed E-state index contributed by atoms with van der Waals surface area (Å²) >= 11 is 7.26. The molecule has 1 heterocycles. The summed E-state index contributed by atoms with van der Waals surface area (Å²) in [5, 5.41) is 0.954. The van der Waals surface area contributed by atoms with Gasteiger partial charge in [0.15, 0.2) is 0 Å². The van der Waals surface area contributed by atoms with E-state index in [-0.39, 0.29) is 0 Å². The topological polar surface area (TPSA) is 48.1 Å². The Kier molecular flexibility index (Phi) is 3.43. The summed E-state index contributed by atoms with van der Waals surface area (Å²) in [7, 11) is 0. The second kappa shape index (κ2) is 4.82. The Hall–Kier alpha value is -1.10. The quantitative estimate of drug-likeness (QED) is 0.914. The highest BCUT2D eigenvalue weighted by atomic mass is 35.5. The minimum absolute atomic E-state index is 0.383. The first-order chi connectivity index (χ1) is 7.70. The van der Waals surface area contributed by atoms with Crippen molar-refractivity contribution >= 4 is 22.9 Å². The Morgan fingerprint density at radius 3 is 2.81 bits per heavy atom. The molecule has 0 unspecified atom stereocenters. The van der Waals surface area contributed by atoms with Gasteiger partial charge in [-0.05, 0) is 18.6 Å². The second-order valence-corrected chi connectivity index (χ2v) is 4.67. The number of aryl methyl sites for hydroxylation is 1. The highest BCUT2D eigenvalue weighted by Crippen LogP contribution is 2.32. The van der Waals surface area contributed by atoms with Crippen LogP contribution >= 0.6 is 22.9 Å². The van der Waals surface area contributed by atoms with Crippen molar-refractivity contribution in [1.82, 2.24) is 4.98 Å². The summed E-state index contributed by atoms with van der Waals surface area (Å²) < 4.78 is 5.64. The molecule has 0 saturated heterocycles. The van der Waals surface area contributed by atoms with E-state index in [1.165, 1.54) is 11.3 Å². The molecule has 16 heavy (non-hydrogen) atoms. The predicted molar refractivity (Wildman–Crippen MR) is 66.3 cm³/mol. The summed E-state index contributed by atoms with van der Waals surface area (Å²) in [6.45, 7) is 2.36. The smallest absolute Gasteiger partial charge is 0.280 e. The molecule has 1 aromatic heterocycles. The number of para-hydroxylation sites is 1. The van der Waals surface area contributed by atoms with Gasteiger partial charge in [0, 0.05) is 6.54 Å². The van der Waals surface area contributed by atoms with Gasteiger partial charge >= 0.3 is 0 Å². The molecule has 0 atom stereocenters. The third kappa shape index (κ3) is 2.35. The van der Waals surface area contributed by atoms with Crippen LogP contribution in [-0.4, -0.2) is 4.98 Å². The molecular formula is C11H11ClN2OS. The van der Waals surface area contributed by atoms with E-state index in [0.29, 0.717) is 16.9 Å². The molecule has 2 aromatic rings. The van der Waals surface area contributed by atoms with Crippen molar-refractivity contribution in [3.05, 3.63) is 39.9 Å². The number of aromatic nitrogens is 1. The highest BCUT2D eigenvalue weighted by molar-refractivity contribution is 7.14. The van der Waals surface area contributed by atoms with Gasteiger partial charge in [0.05, 0.1) is 4.88 Å². The third-order valence-corrected chi connectivity index (χ3v) is 3.49. The summed E-state index contributed by atoms with van der Waals surface area (Å²) in [6, 6.07) is 7.75. The van der Waals surface area contributed by atoms with Gasteiger partial charge in [0.25, 0.3) is 5.19 Å². The van der Waals surface area contributed by atoms with Crippen molar-refractivity contribution < 1.29 is 4.74 Å². The first kappa shape index (κ1) is 11.4. The molecule has 0 radical (unpaired) electrons. The summed E-state index contributed by atoms with van der Waals surface area (Å²) in [5.74, 6) is 0.788. The number of ether oxygens (including phenoxy) is 1. The third-order valence-electron chi connectivity index (χ3n) is 2.11. The molecule has 3 nitrogen and oxygen atoms in total. The van der Waals surface area contributed by atoms with Crippen LogP contribution in [0.15, 0.2) is 24.3 Å². The van der Waals surface area contributed by atoms with Gasteiger partial charge in [0.2, 0.25) is 0 Å². The van der Waals surface area contributed by atoms with Crippen LogP contribution in [0.4, 0.5) is 0 Å². The van der Waals surface area contributed by atoms with Crippen LogP contribution in [-0.2, 0) is 6.54 Å². The fraction of sp³-hybridized carbons (Fsp3) is 0.182. The van der Waals surface area contributed by atoms with Crippen LogP contribution < -0.4 is 10.5 Å². The first-order valence-electron chi connectivity index (χ1n) is 4.79. The molecular weight excluding hydrogens is 244 g/mol. The average molecular weight is 255 g/mol. The molecule has 0 aliphatic heterocycles. The van der Waals surface area contributed by atoms with Crippen LogP contribution in [0.2, 0.25) is 5.15 Å². The van der Waals surface area contributed by atoms with E-state index in [2.05, 4.69) is 4.98 Å². The lowest BCUT2D eigenvalue weighted by Crippen LogP contribution is -1.92. The normalized spacial score (nSPS) is 10.4. The zero-order chi connectivity index (χ0) is 11.5. The predicted octanol–water partition coefficient (Wildman–Crippen LogP) is 3.36. The number of thiazole rings is 1. The minimum Gasteiger partial charge on any atom is -0.431 e. The zero-order valence-electron chi connectivity index (χ0n) is 8.74. The van der Waals surface area contributed by atoms with E-state index in [4.69, 9.17) is 22.1 Å². The minimum atomic E-state index is 0.383. The van der Waals surface area contributed by atoms with Crippen molar-refractivity contribution in [2.45, 2.75) is 13.5 Å². The SMILES string of the molecule is Cc1ccccc1Oc1nc(Cl)c(CN)s1. The van der Waals surface area contributed by atoms with Gasteiger partial charge in [-0.1, -0.05) is 41.1 Å². The Bertz CT molecular complexity index is 498. The van der Waals surface area contributed by atoms with E-state index in [1.54, 1.807) is 0 Å². The van der Waals surface area contributed by atoms with Crippen LogP contribution in [0, 0.1) is 6.92 Å². The van der Waals surface area contributed by atoms with Gasteiger partial charge in [-0.25, -0.2) is 0 Å². The van der Waals surface area contributed by atoms with Gasteiger partial charge in [-0.2, -0.15) is 4.98 Å². The number of halogens is 1. The lowest BCUT2D eigenvalue weighted by atomic mass is 10.2. The number of rotatable bonds is 3. The molecule has 0 bridgehead atoms. The molecule has 2 rings (SSSR count). The summed E-state index contributed by atoms with van der Waals surface area (Å²) in [6.07, 6.45) is 0. The van der Waals surface area contributed by atoms with E-state index in [0.717, 1.165) is 16.2 Å². The van der Waals surface area contributed by atoms with Crippen molar-refractivity contribution in [3.63, 3.8) is 0 Å². The van der Waals surface area contributed by atoms with Crippen LogP contribution in [0.3, 0.4) is 0 Å². The fourth-order valence-corrected chi connectivity index (χ4v) is 2.26. The molecule has 2 N–H and O–H groups in total. The molecule has 0 fully saturated rings. The number of hydrogen-bond donors (Lipinski definition) is 1. The number of nitrogens with two attached hydrogens (primary N) is 1. The monoisotopic (exact) mass is 254 g/mol. The molecule has 1 aromatic carbocycles. The Morgan fingerprint density at radius 2 is 2.19 bits per heavy atom. The maximum Gasteiger partial charge on any atom is 0.280 e. The van der Waals surface area contributed by atoms with Crippen LogP contribution in [0.25, 0.3) is 0 Å². The number of benzene rings is 1. The largest absolute Gasteiger partial charge is 0.431 e. The van der Waals surface area contributed by atoms with E-state index in [1.807, 2.05) is 31.2 Å². The Labute approximate surface area is 103 Å². The summed E-state index contributed by atoms with van der Waals surface area (Å²) in [5.41, 5.74) is 6.58. The van der Waals surface area contributed by atoms with Gasteiger partial charge in [0.1, 0.15) is 10.9 Å². The lowest BCUT2D eigenvalue weighted by Gasteiger charge is -2.03. The molecule has 0 aliphatic carbocycles. The molecule has 0 aliphatic rings. The number of nitrogens with zero attached hydrogens (tertiary/aromatic N) is 1. The van der Waals surface area contributed by atoms with Gasteiger partial charge in [-0.3, -0.25) is 0 Å². The van der Waals surface area contributed by atoms with Gasteiger partial charge in [-0.15, -0.1) is 0 Å². The van der Waals surface area contributed by atoms with Crippen molar-refractivity contribution in [1.29, 1.82) is 0 Å². The fourth-order valence-electron chi connectivity index (χ4n) is 1.25. The maximum absolute atomic E-state index is 5.89. The van der Waals surface area contributed by atoms with Crippen LogP contribution in [0.5, 0.6) is 10.9 Å². The first-order valence-corrected chi connectivity index (χ1v) is 5.99. The molecule has 5 heteroatoms. The van der Waals surface area contributed by atoms with E-state index < -0.39 is 0 Å². The van der Waals surface area contributed by atoms with Gasteiger partial charge < -0.3 is 10.5 Å². The molecule has 0 saturated carbocycles.